The van der Waals surface area contributed by atoms with E-state index in [4.69, 9.17) is 10.7 Å². The maximum Gasteiger partial charge on any atom is 0.141 e. The molecule has 0 aliphatic carbocycles. The summed E-state index contributed by atoms with van der Waals surface area (Å²) in [5.41, 5.74) is 9.07. The summed E-state index contributed by atoms with van der Waals surface area (Å²) >= 11 is 0. The largest absolute Gasteiger partial charge is 0.326 e. The molecule has 1 aliphatic rings. The van der Waals surface area contributed by atoms with Gasteiger partial charge in [0, 0.05) is 24.5 Å². The molecule has 0 aromatic carbocycles. The summed E-state index contributed by atoms with van der Waals surface area (Å²) in [7, 11) is 2.19. The van der Waals surface area contributed by atoms with E-state index in [1.807, 2.05) is 12.3 Å². The SMILES string of the molecule is CN1CCCCC1c1cn2cccc(CN)c2n1. The van der Waals surface area contributed by atoms with Crippen molar-refractivity contribution in [2.24, 2.45) is 5.73 Å². The number of rotatable bonds is 2. The van der Waals surface area contributed by atoms with Crippen LogP contribution in [0.2, 0.25) is 0 Å². The van der Waals surface area contributed by atoms with E-state index in [2.05, 4.69) is 28.6 Å². The van der Waals surface area contributed by atoms with Gasteiger partial charge in [-0.1, -0.05) is 12.5 Å². The Bertz CT molecular complexity index is 546. The highest BCUT2D eigenvalue weighted by Crippen LogP contribution is 2.29. The molecule has 0 spiro atoms. The minimum Gasteiger partial charge on any atom is -0.326 e. The van der Waals surface area contributed by atoms with Crippen LogP contribution in [0.4, 0.5) is 0 Å². The summed E-state index contributed by atoms with van der Waals surface area (Å²) in [6.45, 7) is 1.71. The molecule has 1 fully saturated rings. The van der Waals surface area contributed by atoms with Crippen molar-refractivity contribution < 1.29 is 0 Å². The number of hydrogen-bond acceptors (Lipinski definition) is 3. The second-order valence-electron chi connectivity index (χ2n) is 5.13. The number of imidazole rings is 1. The number of hydrogen-bond donors (Lipinski definition) is 1. The van der Waals surface area contributed by atoms with Crippen LogP contribution in [0.5, 0.6) is 0 Å². The molecule has 4 nitrogen and oxygen atoms in total. The molecule has 1 unspecified atom stereocenters. The zero-order valence-corrected chi connectivity index (χ0v) is 10.8. The van der Waals surface area contributed by atoms with Gasteiger partial charge in [-0.2, -0.15) is 0 Å². The molecule has 2 aromatic heterocycles. The fourth-order valence-corrected chi connectivity index (χ4v) is 2.86. The summed E-state index contributed by atoms with van der Waals surface area (Å²) in [4.78, 5) is 7.21. The molecule has 2 N–H and O–H groups in total. The van der Waals surface area contributed by atoms with Gasteiger partial charge in [0.05, 0.1) is 11.7 Å². The fourth-order valence-electron chi connectivity index (χ4n) is 2.86. The molecule has 0 radical (unpaired) electrons. The van der Waals surface area contributed by atoms with Crippen LogP contribution in [-0.2, 0) is 6.54 Å². The van der Waals surface area contributed by atoms with E-state index < -0.39 is 0 Å². The van der Waals surface area contributed by atoms with Crippen molar-refractivity contribution in [3.8, 4) is 0 Å². The van der Waals surface area contributed by atoms with Crippen molar-refractivity contribution in [2.75, 3.05) is 13.6 Å². The van der Waals surface area contributed by atoms with Gasteiger partial charge in [0.15, 0.2) is 0 Å². The Morgan fingerprint density at radius 3 is 3.11 bits per heavy atom. The quantitative estimate of drug-likeness (QED) is 0.878. The van der Waals surface area contributed by atoms with E-state index in [-0.39, 0.29) is 0 Å². The molecule has 0 amide bonds. The third kappa shape index (κ3) is 1.91. The summed E-state index contributed by atoms with van der Waals surface area (Å²) in [6, 6.07) is 4.55. The van der Waals surface area contributed by atoms with E-state index in [1.165, 1.54) is 31.5 Å². The number of likely N-dealkylation sites (tertiary alicyclic amines) is 1. The van der Waals surface area contributed by atoms with Gasteiger partial charge >= 0.3 is 0 Å². The van der Waals surface area contributed by atoms with Crippen LogP contribution < -0.4 is 5.73 Å². The van der Waals surface area contributed by atoms with E-state index in [0.29, 0.717) is 12.6 Å². The molecule has 3 heterocycles. The number of pyridine rings is 1. The molecule has 0 saturated carbocycles. The third-order valence-corrected chi connectivity index (χ3v) is 3.91. The van der Waals surface area contributed by atoms with Crippen LogP contribution in [0.3, 0.4) is 0 Å². The second-order valence-corrected chi connectivity index (χ2v) is 5.13. The highest BCUT2D eigenvalue weighted by Gasteiger charge is 2.23. The number of fused-ring (bicyclic) bond motifs is 1. The smallest absolute Gasteiger partial charge is 0.141 e. The van der Waals surface area contributed by atoms with Gasteiger partial charge in [-0.3, -0.25) is 4.90 Å². The maximum absolute atomic E-state index is 5.77. The predicted octanol–water partition coefficient (Wildman–Crippen LogP) is 1.95. The van der Waals surface area contributed by atoms with Crippen molar-refractivity contribution in [3.05, 3.63) is 35.8 Å². The summed E-state index contributed by atoms with van der Waals surface area (Å²) in [5.74, 6) is 0. The Hall–Kier alpha value is -1.39. The van der Waals surface area contributed by atoms with Gasteiger partial charge in [0.25, 0.3) is 0 Å². The van der Waals surface area contributed by atoms with Crippen molar-refractivity contribution in [2.45, 2.75) is 31.8 Å². The number of nitrogens with two attached hydrogens (primary N) is 1. The van der Waals surface area contributed by atoms with E-state index in [1.54, 1.807) is 0 Å². The molecular formula is C14H20N4. The lowest BCUT2D eigenvalue weighted by Crippen LogP contribution is -2.29. The molecule has 1 aliphatic heterocycles. The molecule has 1 saturated heterocycles. The van der Waals surface area contributed by atoms with E-state index in [0.717, 1.165) is 11.2 Å². The van der Waals surface area contributed by atoms with E-state index >= 15 is 0 Å². The topological polar surface area (TPSA) is 46.6 Å². The van der Waals surface area contributed by atoms with Gasteiger partial charge in [-0.25, -0.2) is 4.98 Å². The number of nitrogens with zero attached hydrogens (tertiary/aromatic N) is 3. The maximum atomic E-state index is 5.77. The van der Waals surface area contributed by atoms with Crippen LogP contribution in [0.25, 0.3) is 5.65 Å². The van der Waals surface area contributed by atoms with Crippen LogP contribution in [0, 0.1) is 0 Å². The van der Waals surface area contributed by atoms with Crippen LogP contribution in [0.15, 0.2) is 24.5 Å². The minimum absolute atomic E-state index is 0.462. The summed E-state index contributed by atoms with van der Waals surface area (Å²) < 4.78 is 2.10. The Morgan fingerprint density at radius 1 is 1.44 bits per heavy atom. The zero-order chi connectivity index (χ0) is 12.5. The first kappa shape index (κ1) is 11.7. The van der Waals surface area contributed by atoms with E-state index in [9.17, 15) is 0 Å². The Labute approximate surface area is 107 Å². The lowest BCUT2D eigenvalue weighted by molar-refractivity contribution is 0.184. The first-order chi connectivity index (χ1) is 8.79. The zero-order valence-electron chi connectivity index (χ0n) is 10.8. The second kappa shape index (κ2) is 4.71. The molecule has 2 aromatic rings. The van der Waals surface area contributed by atoms with Crippen molar-refractivity contribution >= 4 is 5.65 Å². The first-order valence-electron chi connectivity index (χ1n) is 6.66. The van der Waals surface area contributed by atoms with Crippen LogP contribution >= 0.6 is 0 Å². The third-order valence-electron chi connectivity index (χ3n) is 3.91. The van der Waals surface area contributed by atoms with Crippen LogP contribution in [-0.4, -0.2) is 27.9 Å². The van der Waals surface area contributed by atoms with Gasteiger partial charge in [-0.05, 0) is 32.5 Å². The highest BCUT2D eigenvalue weighted by atomic mass is 15.2. The number of aromatic nitrogens is 2. The minimum atomic E-state index is 0.462. The van der Waals surface area contributed by atoms with Crippen molar-refractivity contribution in [1.29, 1.82) is 0 Å². The van der Waals surface area contributed by atoms with Gasteiger partial charge in [-0.15, -0.1) is 0 Å². The van der Waals surface area contributed by atoms with Gasteiger partial charge in [0.2, 0.25) is 0 Å². The average molecular weight is 244 g/mol. The first-order valence-corrected chi connectivity index (χ1v) is 6.66. The molecule has 4 heteroatoms. The van der Waals surface area contributed by atoms with Crippen molar-refractivity contribution in [3.63, 3.8) is 0 Å². The molecular weight excluding hydrogens is 224 g/mol. The average Bonchev–Trinajstić information content (AvgIpc) is 2.82. The van der Waals surface area contributed by atoms with Gasteiger partial charge in [0.1, 0.15) is 5.65 Å². The number of piperidine rings is 1. The molecule has 96 valence electrons. The summed E-state index contributed by atoms with van der Waals surface area (Å²) in [6.07, 6.45) is 8.01. The Morgan fingerprint density at radius 2 is 2.33 bits per heavy atom. The summed E-state index contributed by atoms with van der Waals surface area (Å²) in [5, 5.41) is 0. The Balaban J connectivity index is 2.02. The molecule has 3 rings (SSSR count). The lowest BCUT2D eigenvalue weighted by atomic mass is 10.0. The monoisotopic (exact) mass is 244 g/mol. The highest BCUT2D eigenvalue weighted by molar-refractivity contribution is 5.49. The van der Waals surface area contributed by atoms with Crippen LogP contribution in [0.1, 0.15) is 36.6 Å². The van der Waals surface area contributed by atoms with Gasteiger partial charge < -0.3 is 10.1 Å². The standard InChI is InChI=1S/C14H20N4/c1-17-7-3-2-6-13(17)12-10-18-8-4-5-11(9-15)14(18)16-12/h4-5,8,10,13H,2-3,6-7,9,15H2,1H3. The molecule has 0 bridgehead atoms. The fraction of sp³-hybridized carbons (Fsp3) is 0.500. The predicted molar refractivity (Wildman–Crippen MR) is 72.3 cm³/mol. The normalized spacial score (nSPS) is 21.6. The molecule has 18 heavy (non-hydrogen) atoms. The van der Waals surface area contributed by atoms with Crippen molar-refractivity contribution in [1.82, 2.24) is 14.3 Å². The lowest BCUT2D eigenvalue weighted by Gasteiger charge is -2.31. The Kier molecular flexibility index (Phi) is 3.06. The molecule has 1 atom stereocenters.